The standard InChI is InChI=1S/C23H15ClF3N3O6S/c1-35-22(32)16-10-12(2-8-18(16)24)19-9-5-14(36-19)11-17-20(23(25,26)27)29-30(21(17)31)13-3-6-15(7-4-13)37(28,33)34/h2-11H,1H3,(H2,28,33,34). The summed E-state index contributed by atoms with van der Waals surface area (Å²) in [5.74, 6) is -1.73. The SMILES string of the molecule is COC(=O)c1cc(-c2ccc(C=C3C(=O)N(c4ccc(S(N)(=O)=O)cc4)N=C3C(F)(F)F)o2)ccc1Cl. The topological polar surface area (TPSA) is 132 Å². The number of hydrogen-bond donors (Lipinski definition) is 1. The fourth-order valence-electron chi connectivity index (χ4n) is 3.38. The highest BCUT2D eigenvalue weighted by molar-refractivity contribution is 7.89. The highest BCUT2D eigenvalue weighted by Crippen LogP contribution is 2.34. The zero-order valence-corrected chi connectivity index (χ0v) is 20.2. The van der Waals surface area contributed by atoms with E-state index in [1.807, 2.05) is 0 Å². The molecule has 0 bridgehead atoms. The van der Waals surface area contributed by atoms with Crippen LogP contribution < -0.4 is 10.1 Å². The molecule has 0 fully saturated rings. The minimum Gasteiger partial charge on any atom is -0.465 e. The van der Waals surface area contributed by atoms with E-state index in [0.29, 0.717) is 10.6 Å². The monoisotopic (exact) mass is 553 g/mol. The van der Waals surface area contributed by atoms with Gasteiger partial charge in [0.05, 0.1) is 33.9 Å². The van der Waals surface area contributed by atoms with Gasteiger partial charge in [-0.3, -0.25) is 4.79 Å². The molecule has 2 heterocycles. The first-order chi connectivity index (χ1) is 17.3. The van der Waals surface area contributed by atoms with Crippen LogP contribution in [0.25, 0.3) is 17.4 Å². The maximum atomic E-state index is 13.7. The molecular formula is C23H15ClF3N3O6S. The number of halogens is 4. The molecule has 4 rings (SSSR count). The van der Waals surface area contributed by atoms with Gasteiger partial charge in [-0.25, -0.2) is 18.4 Å². The minimum atomic E-state index is -4.99. The Balaban J connectivity index is 1.70. The van der Waals surface area contributed by atoms with Crippen LogP contribution in [0.3, 0.4) is 0 Å². The van der Waals surface area contributed by atoms with Crippen molar-refractivity contribution in [3.8, 4) is 11.3 Å². The number of furan rings is 1. The highest BCUT2D eigenvalue weighted by Gasteiger charge is 2.47. The van der Waals surface area contributed by atoms with Crippen molar-refractivity contribution >= 4 is 51.0 Å². The number of esters is 1. The second-order valence-electron chi connectivity index (χ2n) is 7.55. The van der Waals surface area contributed by atoms with Gasteiger partial charge < -0.3 is 9.15 Å². The van der Waals surface area contributed by atoms with Gasteiger partial charge in [-0.2, -0.15) is 23.3 Å². The molecule has 0 spiro atoms. The molecule has 3 aromatic rings. The van der Waals surface area contributed by atoms with E-state index in [9.17, 15) is 31.2 Å². The van der Waals surface area contributed by atoms with Crippen molar-refractivity contribution in [1.82, 2.24) is 0 Å². The lowest BCUT2D eigenvalue weighted by Gasteiger charge is -2.11. The average molecular weight is 554 g/mol. The third-order valence-corrected chi connectivity index (χ3v) is 6.38. The summed E-state index contributed by atoms with van der Waals surface area (Å²) in [6.07, 6.45) is -4.11. The molecule has 9 nitrogen and oxygen atoms in total. The Morgan fingerprint density at radius 2 is 1.81 bits per heavy atom. The number of alkyl halides is 3. The van der Waals surface area contributed by atoms with Gasteiger partial charge in [-0.15, -0.1) is 0 Å². The molecule has 14 heteroatoms. The molecule has 2 aromatic carbocycles. The number of sulfonamides is 1. The van der Waals surface area contributed by atoms with E-state index in [2.05, 4.69) is 9.84 Å². The van der Waals surface area contributed by atoms with Crippen LogP contribution in [0, 0.1) is 0 Å². The zero-order valence-electron chi connectivity index (χ0n) is 18.6. The van der Waals surface area contributed by atoms with Crippen LogP contribution in [-0.4, -0.2) is 39.3 Å². The molecule has 37 heavy (non-hydrogen) atoms. The van der Waals surface area contributed by atoms with Gasteiger partial charge in [-0.05, 0) is 60.7 Å². The molecule has 1 aliphatic heterocycles. The second-order valence-corrected chi connectivity index (χ2v) is 9.52. The Hall–Kier alpha value is -3.94. The number of nitrogens with two attached hydrogens (primary N) is 1. The van der Waals surface area contributed by atoms with E-state index in [4.69, 9.17) is 21.2 Å². The van der Waals surface area contributed by atoms with E-state index in [-0.39, 0.29) is 32.7 Å². The van der Waals surface area contributed by atoms with Crippen molar-refractivity contribution in [1.29, 1.82) is 0 Å². The lowest BCUT2D eigenvalue weighted by atomic mass is 10.1. The molecule has 0 aliphatic carbocycles. The average Bonchev–Trinajstić information content (AvgIpc) is 3.43. The van der Waals surface area contributed by atoms with Gasteiger partial charge in [0.1, 0.15) is 11.5 Å². The number of carbonyl (C=O) groups excluding carboxylic acids is 2. The molecule has 0 atom stereocenters. The molecule has 192 valence electrons. The smallest absolute Gasteiger partial charge is 0.435 e. The van der Waals surface area contributed by atoms with Crippen LogP contribution in [0.4, 0.5) is 18.9 Å². The third-order valence-electron chi connectivity index (χ3n) is 5.13. The number of ether oxygens (including phenoxy) is 1. The summed E-state index contributed by atoms with van der Waals surface area (Å²) in [6.45, 7) is 0. The Labute approximate surface area is 212 Å². The summed E-state index contributed by atoms with van der Waals surface area (Å²) in [5.41, 5.74) is -1.94. The number of primary sulfonamides is 1. The molecule has 2 N–H and O–H groups in total. The number of nitrogens with zero attached hydrogens (tertiary/aromatic N) is 2. The van der Waals surface area contributed by atoms with E-state index in [1.165, 1.54) is 37.4 Å². The number of carbonyl (C=O) groups is 2. The predicted octanol–water partition coefficient (Wildman–Crippen LogP) is 4.38. The first-order valence-corrected chi connectivity index (χ1v) is 12.1. The molecule has 1 aliphatic rings. The van der Waals surface area contributed by atoms with Crippen LogP contribution in [-0.2, 0) is 19.6 Å². The van der Waals surface area contributed by atoms with Crippen LogP contribution in [0.5, 0.6) is 0 Å². The Kier molecular flexibility index (Phi) is 6.71. The molecule has 0 saturated heterocycles. The Morgan fingerprint density at radius 1 is 1.14 bits per heavy atom. The molecule has 1 aromatic heterocycles. The van der Waals surface area contributed by atoms with Gasteiger partial charge in [0, 0.05) is 5.56 Å². The fourth-order valence-corrected chi connectivity index (χ4v) is 4.09. The molecular weight excluding hydrogens is 539 g/mol. The van der Waals surface area contributed by atoms with Crippen molar-refractivity contribution in [3.63, 3.8) is 0 Å². The predicted molar refractivity (Wildman–Crippen MR) is 127 cm³/mol. The number of benzene rings is 2. The maximum Gasteiger partial charge on any atom is 0.435 e. The summed E-state index contributed by atoms with van der Waals surface area (Å²) in [5, 5.41) is 9.06. The van der Waals surface area contributed by atoms with Crippen molar-refractivity contribution in [2.45, 2.75) is 11.1 Å². The number of rotatable bonds is 5. The number of amides is 1. The largest absolute Gasteiger partial charge is 0.465 e. The highest BCUT2D eigenvalue weighted by atomic mass is 35.5. The second kappa shape index (κ2) is 9.50. The van der Waals surface area contributed by atoms with E-state index < -0.39 is 39.4 Å². The minimum absolute atomic E-state index is 0.0551. The van der Waals surface area contributed by atoms with Gasteiger partial charge in [0.15, 0.2) is 5.71 Å². The maximum absolute atomic E-state index is 13.7. The number of hydrazone groups is 1. The number of hydrogen-bond acceptors (Lipinski definition) is 7. The van der Waals surface area contributed by atoms with Crippen molar-refractivity contribution in [2.75, 3.05) is 12.1 Å². The first kappa shape index (κ1) is 26.1. The quantitative estimate of drug-likeness (QED) is 0.368. The summed E-state index contributed by atoms with van der Waals surface area (Å²) in [7, 11) is -2.87. The Bertz CT molecular complexity index is 1580. The molecule has 0 radical (unpaired) electrons. The molecule has 0 unspecified atom stereocenters. The van der Waals surface area contributed by atoms with Crippen LogP contribution in [0.15, 0.2) is 74.6 Å². The summed E-state index contributed by atoms with van der Waals surface area (Å²) < 4.78 is 74.3. The van der Waals surface area contributed by atoms with Gasteiger partial charge in [0.25, 0.3) is 5.91 Å². The summed E-state index contributed by atoms with van der Waals surface area (Å²) in [4.78, 5) is 24.5. The van der Waals surface area contributed by atoms with E-state index >= 15 is 0 Å². The lowest BCUT2D eigenvalue weighted by Crippen LogP contribution is -2.25. The van der Waals surface area contributed by atoms with Crippen LogP contribution in [0.1, 0.15) is 16.1 Å². The van der Waals surface area contributed by atoms with Gasteiger partial charge in [-0.1, -0.05) is 11.6 Å². The van der Waals surface area contributed by atoms with Gasteiger partial charge >= 0.3 is 12.1 Å². The lowest BCUT2D eigenvalue weighted by molar-refractivity contribution is -0.114. The fraction of sp³-hybridized carbons (Fsp3) is 0.0870. The van der Waals surface area contributed by atoms with Crippen molar-refractivity contribution in [3.05, 3.63) is 76.5 Å². The van der Waals surface area contributed by atoms with Crippen molar-refractivity contribution in [2.24, 2.45) is 10.2 Å². The molecule has 0 saturated carbocycles. The third kappa shape index (κ3) is 5.28. The van der Waals surface area contributed by atoms with Crippen LogP contribution >= 0.6 is 11.6 Å². The summed E-state index contributed by atoms with van der Waals surface area (Å²) >= 11 is 6.01. The molecule has 1 amide bonds. The van der Waals surface area contributed by atoms with Crippen LogP contribution in [0.2, 0.25) is 5.02 Å². The number of methoxy groups -OCH3 is 1. The Morgan fingerprint density at radius 3 is 2.41 bits per heavy atom. The van der Waals surface area contributed by atoms with E-state index in [0.717, 1.165) is 30.3 Å². The first-order valence-electron chi connectivity index (χ1n) is 10.1. The normalized spacial score (nSPS) is 15.3. The van der Waals surface area contributed by atoms with Crippen molar-refractivity contribution < 1.29 is 40.3 Å². The number of anilines is 1. The zero-order chi connectivity index (χ0) is 27.1. The summed E-state index contributed by atoms with van der Waals surface area (Å²) in [6, 6.07) is 11.4. The van der Waals surface area contributed by atoms with Gasteiger partial charge in [0.2, 0.25) is 10.0 Å². The van der Waals surface area contributed by atoms with E-state index in [1.54, 1.807) is 0 Å².